The molecule has 1 aliphatic heterocycles. The van der Waals surface area contributed by atoms with Crippen LogP contribution in [-0.2, 0) is 0 Å². The maximum absolute atomic E-state index is 2.64. The molecule has 0 aromatic carbocycles. The first-order valence-electron chi connectivity index (χ1n) is 11.2. The Morgan fingerprint density at radius 2 is 0.720 bits per heavy atom. The number of hydrogen-bond acceptors (Lipinski definition) is 0. The Balaban J connectivity index is 2.08. The van der Waals surface area contributed by atoms with E-state index in [4.69, 9.17) is 0 Å². The zero-order valence-corrected chi connectivity index (χ0v) is 20.8. The molecule has 3 rings (SSSR count). The van der Waals surface area contributed by atoms with E-state index in [0.29, 0.717) is 0 Å². The second-order valence-corrected chi connectivity index (χ2v) is 20.5. The molecule has 2 saturated carbocycles. The second-order valence-electron chi connectivity index (χ2n) is 11.1. The fraction of sp³-hybridized carbons (Fsp3) is 0.917. The van der Waals surface area contributed by atoms with Gasteiger partial charge in [0.25, 0.3) is 0 Å². The van der Waals surface area contributed by atoms with Crippen molar-refractivity contribution in [2.75, 3.05) is 0 Å². The Hall–Kier alpha value is 0.283. The van der Waals surface area contributed by atoms with Gasteiger partial charge in [0.2, 0.25) is 0 Å². The standard InChI is InChI=1S/C24H44Ge/c1-13-11-25(12-14(13)2,23-19(7)15(3)16(4)20(23)8)24-21(9)17(5)18(6)22(24)10/h15-24H,11-12H2,1-10H3/t15-,16+,17-,18+,19?,20?,21?,22?,23?,24?. The molecule has 25 heavy (non-hydrogen) atoms. The van der Waals surface area contributed by atoms with Gasteiger partial charge in [0.1, 0.15) is 0 Å². The average molecular weight is 405 g/mol. The molecular weight excluding hydrogens is 361 g/mol. The van der Waals surface area contributed by atoms with Crippen LogP contribution in [0.2, 0.25) is 20.0 Å². The van der Waals surface area contributed by atoms with E-state index in [0.717, 1.165) is 56.8 Å². The van der Waals surface area contributed by atoms with E-state index in [9.17, 15) is 0 Å². The van der Waals surface area contributed by atoms with E-state index in [1.807, 2.05) is 0 Å². The molecule has 3 aliphatic rings. The fourth-order valence-electron chi connectivity index (χ4n) is 8.32. The van der Waals surface area contributed by atoms with E-state index in [2.05, 4.69) is 69.2 Å². The van der Waals surface area contributed by atoms with Crippen LogP contribution >= 0.6 is 0 Å². The van der Waals surface area contributed by atoms with Crippen LogP contribution in [0.15, 0.2) is 11.1 Å². The molecule has 0 aromatic heterocycles. The second kappa shape index (κ2) is 6.71. The molecule has 0 saturated heterocycles. The summed E-state index contributed by atoms with van der Waals surface area (Å²) in [6.07, 6.45) is 0. The topological polar surface area (TPSA) is 0 Å². The van der Waals surface area contributed by atoms with Gasteiger partial charge in [-0.2, -0.15) is 0 Å². The summed E-state index contributed by atoms with van der Waals surface area (Å²) in [5.74, 6) is 7.50. The zero-order valence-electron chi connectivity index (χ0n) is 18.7. The van der Waals surface area contributed by atoms with Gasteiger partial charge in [-0.3, -0.25) is 0 Å². The van der Waals surface area contributed by atoms with Gasteiger partial charge in [0.05, 0.1) is 0 Å². The summed E-state index contributed by atoms with van der Waals surface area (Å²) in [5.41, 5.74) is 3.61. The first-order valence-corrected chi connectivity index (χ1v) is 16.6. The van der Waals surface area contributed by atoms with Crippen molar-refractivity contribution in [1.82, 2.24) is 0 Å². The van der Waals surface area contributed by atoms with Crippen molar-refractivity contribution in [3.05, 3.63) is 11.1 Å². The van der Waals surface area contributed by atoms with Gasteiger partial charge >= 0.3 is 161 Å². The summed E-state index contributed by atoms with van der Waals surface area (Å²) in [4.78, 5) is 0. The summed E-state index contributed by atoms with van der Waals surface area (Å²) < 4.78 is 2.18. The van der Waals surface area contributed by atoms with Crippen LogP contribution in [0.4, 0.5) is 0 Å². The Morgan fingerprint density at radius 3 is 0.960 bits per heavy atom. The van der Waals surface area contributed by atoms with Crippen molar-refractivity contribution in [2.45, 2.75) is 89.2 Å². The number of hydrogen-bond donors (Lipinski definition) is 0. The van der Waals surface area contributed by atoms with E-state index < -0.39 is 13.3 Å². The van der Waals surface area contributed by atoms with Crippen LogP contribution in [0.1, 0.15) is 69.2 Å². The van der Waals surface area contributed by atoms with Gasteiger partial charge in [0, 0.05) is 0 Å². The molecule has 144 valence electrons. The normalized spacial score (nSPS) is 53.0. The third-order valence-electron chi connectivity index (χ3n) is 10.5. The van der Waals surface area contributed by atoms with Gasteiger partial charge in [0.15, 0.2) is 0 Å². The SMILES string of the molecule is CC1=C(C)[CH2][Ge]([CH]2C(C)[C@@H](C)[C@@H](C)C2C)([CH]2C(C)[C@@H](C)[C@@H](C)C2C)[CH2]1. The van der Waals surface area contributed by atoms with Crippen molar-refractivity contribution < 1.29 is 0 Å². The molecule has 0 spiro atoms. The Morgan fingerprint density at radius 1 is 0.480 bits per heavy atom. The van der Waals surface area contributed by atoms with Gasteiger partial charge in [-0.1, -0.05) is 0 Å². The molecule has 1 heteroatoms. The molecule has 2 aliphatic carbocycles. The van der Waals surface area contributed by atoms with Gasteiger partial charge < -0.3 is 0 Å². The Labute approximate surface area is 161 Å². The quantitative estimate of drug-likeness (QED) is 0.327. The molecular formula is C24H44Ge. The summed E-state index contributed by atoms with van der Waals surface area (Å²) in [6, 6.07) is 0. The minimum atomic E-state index is -2.06. The molecule has 0 N–H and O–H groups in total. The molecule has 0 aromatic rings. The van der Waals surface area contributed by atoms with E-state index >= 15 is 0 Å². The number of allylic oxidation sites excluding steroid dienone is 2. The van der Waals surface area contributed by atoms with E-state index in [1.165, 1.54) is 0 Å². The third kappa shape index (κ3) is 2.74. The van der Waals surface area contributed by atoms with Crippen LogP contribution in [0.3, 0.4) is 0 Å². The van der Waals surface area contributed by atoms with Crippen molar-refractivity contribution >= 4 is 13.3 Å². The van der Waals surface area contributed by atoms with E-state index in [1.54, 1.807) is 21.7 Å². The van der Waals surface area contributed by atoms with Crippen LogP contribution in [0.25, 0.3) is 0 Å². The summed E-state index contributed by atoms with van der Waals surface area (Å²) in [6.45, 7) is 25.8. The van der Waals surface area contributed by atoms with Crippen molar-refractivity contribution in [2.24, 2.45) is 47.3 Å². The average Bonchev–Trinajstić information content (AvgIpc) is 3.03. The molecule has 10 atom stereocenters. The first-order chi connectivity index (χ1) is 11.5. The predicted molar refractivity (Wildman–Crippen MR) is 115 cm³/mol. The molecule has 6 unspecified atom stereocenters. The first kappa shape index (κ1) is 20.0. The minimum absolute atomic E-state index is 0.922. The maximum atomic E-state index is 2.64. The Kier molecular flexibility index (Phi) is 5.38. The van der Waals surface area contributed by atoms with Crippen LogP contribution < -0.4 is 0 Å². The zero-order chi connectivity index (χ0) is 18.8. The molecule has 1 heterocycles. The van der Waals surface area contributed by atoms with Crippen LogP contribution in [0, 0.1) is 47.3 Å². The molecule has 2 fully saturated rings. The number of rotatable bonds is 2. The van der Waals surface area contributed by atoms with Crippen molar-refractivity contribution in [1.29, 1.82) is 0 Å². The van der Waals surface area contributed by atoms with Crippen LogP contribution in [-0.4, -0.2) is 13.3 Å². The monoisotopic (exact) mass is 406 g/mol. The summed E-state index contributed by atoms with van der Waals surface area (Å²) in [7, 11) is 0. The molecule has 0 radical (unpaired) electrons. The fourth-order valence-corrected chi connectivity index (χ4v) is 28.2. The summed E-state index contributed by atoms with van der Waals surface area (Å²) in [5, 5.41) is 3.15. The molecule has 0 nitrogen and oxygen atoms in total. The van der Waals surface area contributed by atoms with E-state index in [-0.39, 0.29) is 0 Å². The summed E-state index contributed by atoms with van der Waals surface area (Å²) >= 11 is -2.06. The van der Waals surface area contributed by atoms with Gasteiger partial charge in [-0.05, 0) is 0 Å². The third-order valence-corrected chi connectivity index (χ3v) is 25.5. The predicted octanol–water partition coefficient (Wildman–Crippen LogP) is 7.64. The molecule has 0 bridgehead atoms. The van der Waals surface area contributed by atoms with Crippen LogP contribution in [0.5, 0.6) is 0 Å². The van der Waals surface area contributed by atoms with Gasteiger partial charge in [-0.25, -0.2) is 0 Å². The van der Waals surface area contributed by atoms with Crippen molar-refractivity contribution in [3.8, 4) is 0 Å². The van der Waals surface area contributed by atoms with Crippen molar-refractivity contribution in [3.63, 3.8) is 0 Å². The Bertz CT molecular complexity index is 470. The van der Waals surface area contributed by atoms with Gasteiger partial charge in [-0.15, -0.1) is 0 Å². The molecule has 0 amide bonds.